The summed E-state index contributed by atoms with van der Waals surface area (Å²) in [6.07, 6.45) is 0.850. The molecule has 0 heterocycles. The second-order valence-electron chi connectivity index (χ2n) is 5.39. The smallest absolute Gasteiger partial charge is 0.171 e. The van der Waals surface area contributed by atoms with Crippen molar-refractivity contribution in [1.29, 1.82) is 0 Å². The summed E-state index contributed by atoms with van der Waals surface area (Å²) in [5.74, 6) is -2.56. The zero-order chi connectivity index (χ0) is 15.6. The fourth-order valence-corrected chi connectivity index (χ4v) is 2.23. The van der Waals surface area contributed by atoms with Crippen molar-refractivity contribution in [2.75, 3.05) is 0 Å². The predicted octanol–water partition coefficient (Wildman–Crippen LogP) is 5.03. The van der Waals surface area contributed by atoms with Crippen LogP contribution in [0.4, 0.5) is 8.78 Å². The number of hydrogen-bond acceptors (Lipinski definition) is 1. The highest BCUT2D eigenvalue weighted by molar-refractivity contribution is 5.98. The van der Waals surface area contributed by atoms with Crippen molar-refractivity contribution in [2.45, 2.75) is 27.2 Å². The molecule has 0 aliphatic rings. The Labute approximate surface area is 123 Å². The zero-order valence-corrected chi connectivity index (χ0v) is 12.4. The van der Waals surface area contributed by atoms with E-state index >= 15 is 0 Å². The van der Waals surface area contributed by atoms with E-state index in [-0.39, 0.29) is 0 Å². The summed E-state index contributed by atoms with van der Waals surface area (Å²) >= 11 is 0. The molecule has 2 rings (SSSR count). The van der Waals surface area contributed by atoms with Gasteiger partial charge >= 0.3 is 0 Å². The van der Waals surface area contributed by atoms with Crippen LogP contribution in [-0.2, 0) is 6.42 Å². The van der Waals surface area contributed by atoms with Crippen LogP contribution in [0.5, 0.6) is 0 Å². The first kappa shape index (κ1) is 15.4. The maximum Gasteiger partial charge on any atom is 0.171 e. The quantitative estimate of drug-likeness (QED) is 0.721. The van der Waals surface area contributed by atoms with Gasteiger partial charge in [-0.3, -0.25) is 4.79 Å². The summed E-state index contributed by atoms with van der Waals surface area (Å²) in [6, 6.07) is 9.99. The number of Topliss-reactive ketones (excluding diaryl/α,β-unsaturated/α-hetero) is 1. The lowest BCUT2D eigenvalue weighted by atomic mass is 9.96. The summed E-state index contributed by atoms with van der Waals surface area (Å²) in [5.41, 5.74) is 1.84. The molecule has 0 spiro atoms. The molecule has 21 heavy (non-hydrogen) atoms. The average molecular weight is 288 g/mol. The van der Waals surface area contributed by atoms with Crippen LogP contribution in [-0.4, -0.2) is 5.78 Å². The number of rotatable bonds is 4. The Morgan fingerprint density at radius 2 is 1.67 bits per heavy atom. The minimum absolute atomic E-state index is 0.441. The molecule has 0 N–H and O–H groups in total. The lowest BCUT2D eigenvalue weighted by Crippen LogP contribution is -2.12. The molecule has 0 aromatic heterocycles. The van der Waals surface area contributed by atoms with E-state index in [9.17, 15) is 13.6 Å². The largest absolute Gasteiger partial charge is 0.294 e. The fraction of sp³-hybridized carbons (Fsp3) is 0.278. The van der Waals surface area contributed by atoms with Gasteiger partial charge in [-0.25, -0.2) is 8.78 Å². The highest BCUT2D eigenvalue weighted by Crippen LogP contribution is 2.26. The van der Waals surface area contributed by atoms with Crippen LogP contribution in [0, 0.1) is 17.6 Å². The molecule has 0 bridgehead atoms. The van der Waals surface area contributed by atoms with E-state index in [1.165, 1.54) is 12.1 Å². The van der Waals surface area contributed by atoms with E-state index in [2.05, 4.69) is 0 Å². The maximum atomic E-state index is 14.1. The Morgan fingerprint density at radius 3 is 2.19 bits per heavy atom. The molecule has 2 aromatic rings. The minimum atomic E-state index is -0.800. The van der Waals surface area contributed by atoms with E-state index in [4.69, 9.17) is 0 Å². The molecule has 0 atom stereocenters. The molecule has 0 radical (unpaired) electrons. The molecule has 3 heteroatoms. The van der Waals surface area contributed by atoms with Gasteiger partial charge in [0.25, 0.3) is 0 Å². The number of carbonyl (C=O) groups excluding carboxylic acids is 1. The summed E-state index contributed by atoms with van der Waals surface area (Å²) in [5, 5.41) is 0. The molecule has 1 nitrogen and oxygen atoms in total. The van der Waals surface area contributed by atoms with Gasteiger partial charge < -0.3 is 0 Å². The van der Waals surface area contributed by atoms with Gasteiger partial charge in [-0.2, -0.15) is 0 Å². The van der Waals surface area contributed by atoms with E-state index in [1.807, 2.05) is 25.1 Å². The Hall–Kier alpha value is -2.03. The molecule has 0 saturated carbocycles. The van der Waals surface area contributed by atoms with Crippen molar-refractivity contribution in [3.63, 3.8) is 0 Å². The van der Waals surface area contributed by atoms with Gasteiger partial charge in [0.1, 0.15) is 11.6 Å². The normalized spacial score (nSPS) is 11.0. The van der Waals surface area contributed by atoms with Gasteiger partial charge in [0.15, 0.2) is 5.78 Å². The molecule has 0 saturated heterocycles. The van der Waals surface area contributed by atoms with Crippen molar-refractivity contribution < 1.29 is 13.6 Å². The van der Waals surface area contributed by atoms with Crippen molar-refractivity contribution >= 4 is 5.78 Å². The molecule has 0 aliphatic heterocycles. The third-order valence-corrected chi connectivity index (χ3v) is 3.48. The van der Waals surface area contributed by atoms with Crippen LogP contribution in [0.3, 0.4) is 0 Å². The molecule has 2 aromatic carbocycles. The van der Waals surface area contributed by atoms with Crippen LogP contribution >= 0.6 is 0 Å². The van der Waals surface area contributed by atoms with Crippen LogP contribution in [0.2, 0.25) is 0 Å². The number of hydrogen-bond donors (Lipinski definition) is 0. The van der Waals surface area contributed by atoms with Gasteiger partial charge in [-0.15, -0.1) is 0 Å². The van der Waals surface area contributed by atoms with Gasteiger partial charge in [0.2, 0.25) is 0 Å². The fourth-order valence-electron chi connectivity index (χ4n) is 2.23. The summed E-state index contributed by atoms with van der Waals surface area (Å²) in [4.78, 5) is 11.9. The van der Waals surface area contributed by atoms with Gasteiger partial charge in [0.05, 0.1) is 5.56 Å². The first-order chi connectivity index (χ1) is 9.93. The highest BCUT2D eigenvalue weighted by atomic mass is 19.1. The summed E-state index contributed by atoms with van der Waals surface area (Å²) in [7, 11) is 0. The van der Waals surface area contributed by atoms with E-state index < -0.39 is 28.9 Å². The lowest BCUT2D eigenvalue weighted by Gasteiger charge is -2.10. The monoisotopic (exact) mass is 288 g/mol. The van der Waals surface area contributed by atoms with Crippen LogP contribution < -0.4 is 0 Å². The number of ketones is 1. The average Bonchev–Trinajstić information content (AvgIpc) is 2.46. The van der Waals surface area contributed by atoms with E-state index in [0.717, 1.165) is 17.5 Å². The maximum absolute atomic E-state index is 14.1. The first-order valence-electron chi connectivity index (χ1n) is 7.06. The third kappa shape index (κ3) is 3.18. The molecular formula is C18H18F2O. The molecular weight excluding hydrogens is 270 g/mol. The number of carbonyl (C=O) groups is 1. The Morgan fingerprint density at radius 1 is 1.05 bits per heavy atom. The molecule has 0 fully saturated rings. The third-order valence-electron chi connectivity index (χ3n) is 3.48. The van der Waals surface area contributed by atoms with Crippen molar-refractivity contribution in [2.24, 2.45) is 5.92 Å². The molecule has 0 unspecified atom stereocenters. The highest BCUT2D eigenvalue weighted by Gasteiger charge is 2.21. The summed E-state index contributed by atoms with van der Waals surface area (Å²) < 4.78 is 28.3. The van der Waals surface area contributed by atoms with E-state index in [0.29, 0.717) is 5.56 Å². The van der Waals surface area contributed by atoms with Crippen LogP contribution in [0.25, 0.3) is 11.1 Å². The topological polar surface area (TPSA) is 17.1 Å². The Bertz CT molecular complexity index is 652. The van der Waals surface area contributed by atoms with Crippen LogP contribution in [0.15, 0.2) is 36.4 Å². The first-order valence-corrected chi connectivity index (χ1v) is 7.06. The predicted molar refractivity (Wildman–Crippen MR) is 80.3 cm³/mol. The standard InChI is InChI=1S/C18H18F2O/c1-4-12-6-5-7-13(8-12)14-9-15(19)17(16(20)10-14)18(21)11(2)3/h5-11H,4H2,1-3H3. The van der Waals surface area contributed by atoms with Crippen molar-refractivity contribution in [3.8, 4) is 11.1 Å². The van der Waals surface area contributed by atoms with Gasteiger partial charge in [0, 0.05) is 5.92 Å². The minimum Gasteiger partial charge on any atom is -0.294 e. The Balaban J connectivity index is 2.51. The second kappa shape index (κ2) is 6.17. The van der Waals surface area contributed by atoms with Crippen molar-refractivity contribution in [3.05, 3.63) is 59.2 Å². The van der Waals surface area contributed by atoms with E-state index in [1.54, 1.807) is 19.9 Å². The Kier molecular flexibility index (Phi) is 4.51. The number of halogens is 2. The second-order valence-corrected chi connectivity index (χ2v) is 5.39. The zero-order valence-electron chi connectivity index (χ0n) is 12.4. The number of aryl methyl sites for hydroxylation is 1. The number of benzene rings is 2. The van der Waals surface area contributed by atoms with Gasteiger partial charge in [-0.05, 0) is 35.2 Å². The lowest BCUT2D eigenvalue weighted by molar-refractivity contribution is 0.0931. The molecule has 0 aliphatic carbocycles. The molecule has 0 amide bonds. The van der Waals surface area contributed by atoms with Gasteiger partial charge in [-0.1, -0.05) is 45.0 Å². The summed E-state index contributed by atoms with van der Waals surface area (Å²) in [6.45, 7) is 5.27. The van der Waals surface area contributed by atoms with Crippen LogP contribution in [0.1, 0.15) is 36.7 Å². The van der Waals surface area contributed by atoms with Crippen molar-refractivity contribution in [1.82, 2.24) is 0 Å². The molecule has 110 valence electrons. The SMILES string of the molecule is CCc1cccc(-c2cc(F)c(C(=O)C(C)C)c(F)c2)c1.